The summed E-state index contributed by atoms with van der Waals surface area (Å²) < 4.78 is 5.50. The molecule has 0 aliphatic rings. The topological polar surface area (TPSA) is 85.4 Å². The molecule has 2 aromatic heterocycles. The van der Waals surface area contributed by atoms with Crippen molar-refractivity contribution in [1.82, 2.24) is 5.32 Å². The van der Waals surface area contributed by atoms with E-state index in [1.165, 1.54) is 17.0 Å². The first kappa shape index (κ1) is 15.9. The fraction of sp³-hybridized carbons (Fsp3) is 0.118. The van der Waals surface area contributed by atoms with Gasteiger partial charge in [0, 0.05) is 17.5 Å². The van der Waals surface area contributed by atoms with Crippen molar-refractivity contribution >= 4 is 22.9 Å². The maximum Gasteiger partial charge on any atom is 0.287 e. The average molecular weight is 342 g/mol. The Hall–Kier alpha value is -2.93. The maximum absolute atomic E-state index is 12.1. The Bertz CT molecular complexity index is 855. The molecule has 1 N–H and O–H groups in total. The van der Waals surface area contributed by atoms with Gasteiger partial charge in [-0.3, -0.25) is 14.9 Å². The van der Waals surface area contributed by atoms with Crippen LogP contribution in [0.1, 0.15) is 15.4 Å². The molecular formula is C17H14N2O4S. The second kappa shape index (κ2) is 7.10. The fourth-order valence-electron chi connectivity index (χ4n) is 2.29. The summed E-state index contributed by atoms with van der Waals surface area (Å²) in [5, 5.41) is 15.8. The van der Waals surface area contributed by atoms with Crippen LogP contribution in [0.15, 0.2) is 58.3 Å². The van der Waals surface area contributed by atoms with Crippen LogP contribution in [-0.2, 0) is 6.42 Å². The number of carbonyl (C=O) groups is 1. The molecule has 3 aromatic rings. The van der Waals surface area contributed by atoms with E-state index in [4.69, 9.17) is 4.42 Å². The number of thiophene rings is 1. The van der Waals surface area contributed by atoms with Crippen LogP contribution >= 0.6 is 11.3 Å². The Balaban J connectivity index is 1.69. The summed E-state index contributed by atoms with van der Waals surface area (Å²) >= 11 is 1.64. The number of carbonyl (C=O) groups excluding carboxylic acids is 1. The minimum Gasteiger partial charge on any atom is -0.451 e. The number of hydrogen-bond acceptors (Lipinski definition) is 5. The lowest BCUT2D eigenvalue weighted by molar-refractivity contribution is -0.384. The molecule has 0 radical (unpaired) electrons. The highest BCUT2D eigenvalue weighted by Gasteiger charge is 2.19. The van der Waals surface area contributed by atoms with Gasteiger partial charge in [0.05, 0.1) is 10.5 Å². The van der Waals surface area contributed by atoms with E-state index < -0.39 is 4.92 Å². The second-order valence-electron chi connectivity index (χ2n) is 5.02. The van der Waals surface area contributed by atoms with Crippen molar-refractivity contribution in [2.75, 3.05) is 6.54 Å². The van der Waals surface area contributed by atoms with E-state index >= 15 is 0 Å². The van der Waals surface area contributed by atoms with Crippen molar-refractivity contribution in [2.24, 2.45) is 0 Å². The van der Waals surface area contributed by atoms with Crippen molar-refractivity contribution in [2.45, 2.75) is 6.42 Å². The highest BCUT2D eigenvalue weighted by molar-refractivity contribution is 7.09. The van der Waals surface area contributed by atoms with Gasteiger partial charge in [-0.1, -0.05) is 18.2 Å². The minimum absolute atomic E-state index is 0.0588. The molecule has 1 aromatic carbocycles. The van der Waals surface area contributed by atoms with Gasteiger partial charge >= 0.3 is 0 Å². The Morgan fingerprint density at radius 3 is 2.75 bits per heavy atom. The molecule has 0 atom stereocenters. The largest absolute Gasteiger partial charge is 0.451 e. The summed E-state index contributed by atoms with van der Waals surface area (Å²) in [5.41, 5.74) is 0.289. The quantitative estimate of drug-likeness (QED) is 0.544. The number of nitrogens with zero attached hydrogens (tertiary/aromatic N) is 1. The summed E-state index contributed by atoms with van der Waals surface area (Å²) in [4.78, 5) is 23.9. The molecule has 0 spiro atoms. The Morgan fingerprint density at radius 1 is 1.17 bits per heavy atom. The van der Waals surface area contributed by atoms with Gasteiger partial charge < -0.3 is 9.73 Å². The predicted octanol–water partition coefficient (Wildman–Crippen LogP) is 3.89. The molecule has 122 valence electrons. The van der Waals surface area contributed by atoms with Crippen LogP contribution in [0.2, 0.25) is 0 Å². The number of hydrogen-bond donors (Lipinski definition) is 1. The van der Waals surface area contributed by atoms with E-state index in [-0.39, 0.29) is 17.4 Å². The molecule has 2 heterocycles. The Morgan fingerprint density at radius 2 is 2.00 bits per heavy atom. The predicted molar refractivity (Wildman–Crippen MR) is 91.2 cm³/mol. The monoisotopic (exact) mass is 342 g/mol. The third kappa shape index (κ3) is 3.52. The molecule has 0 bridgehead atoms. The summed E-state index contributed by atoms with van der Waals surface area (Å²) in [7, 11) is 0. The van der Waals surface area contributed by atoms with Gasteiger partial charge in [-0.05, 0) is 36.1 Å². The standard InChI is InChI=1S/C17H14N2O4S/c20-17(18-10-9-12-4-3-11-24-12)16-8-7-15(23-16)13-5-1-2-6-14(13)19(21)22/h1-8,11H,9-10H2,(H,18,20). The number of para-hydroxylation sites is 1. The van der Waals surface area contributed by atoms with E-state index in [2.05, 4.69) is 5.32 Å². The molecule has 0 unspecified atom stereocenters. The first-order valence-electron chi connectivity index (χ1n) is 7.29. The normalized spacial score (nSPS) is 10.5. The average Bonchev–Trinajstić information content (AvgIpc) is 3.26. The third-order valence-corrected chi connectivity index (χ3v) is 4.37. The molecule has 7 heteroatoms. The number of amides is 1. The lowest BCUT2D eigenvalue weighted by Gasteiger charge is -2.02. The van der Waals surface area contributed by atoms with Gasteiger partial charge in [0.25, 0.3) is 11.6 Å². The molecular weight excluding hydrogens is 328 g/mol. The van der Waals surface area contributed by atoms with Gasteiger partial charge in [0.15, 0.2) is 5.76 Å². The van der Waals surface area contributed by atoms with Gasteiger partial charge in [0.1, 0.15) is 5.76 Å². The van der Waals surface area contributed by atoms with Crippen molar-refractivity contribution in [3.05, 3.63) is 74.7 Å². The van der Waals surface area contributed by atoms with Crippen LogP contribution in [0.3, 0.4) is 0 Å². The number of nitrogens with one attached hydrogen (secondary N) is 1. The maximum atomic E-state index is 12.1. The third-order valence-electron chi connectivity index (χ3n) is 3.43. The summed E-state index contributed by atoms with van der Waals surface area (Å²) in [6.45, 7) is 0.501. The first-order valence-corrected chi connectivity index (χ1v) is 8.17. The summed E-state index contributed by atoms with van der Waals surface area (Å²) in [6.07, 6.45) is 0.751. The smallest absolute Gasteiger partial charge is 0.287 e. The van der Waals surface area contributed by atoms with E-state index in [9.17, 15) is 14.9 Å². The second-order valence-corrected chi connectivity index (χ2v) is 6.06. The van der Waals surface area contributed by atoms with Crippen molar-refractivity contribution < 1.29 is 14.1 Å². The number of nitro benzene ring substituents is 1. The number of benzene rings is 1. The van der Waals surface area contributed by atoms with Crippen LogP contribution in [0.4, 0.5) is 5.69 Å². The zero-order valence-corrected chi connectivity index (χ0v) is 13.4. The van der Waals surface area contributed by atoms with E-state index in [1.807, 2.05) is 17.5 Å². The van der Waals surface area contributed by atoms with Gasteiger partial charge in [-0.25, -0.2) is 0 Å². The first-order chi connectivity index (χ1) is 11.6. The van der Waals surface area contributed by atoms with Crippen LogP contribution < -0.4 is 5.32 Å². The highest BCUT2D eigenvalue weighted by Crippen LogP contribution is 2.30. The molecule has 3 rings (SSSR count). The lowest BCUT2D eigenvalue weighted by Crippen LogP contribution is -2.25. The minimum atomic E-state index is -0.474. The fourth-order valence-corrected chi connectivity index (χ4v) is 3.00. The number of furan rings is 1. The molecule has 0 saturated heterocycles. The molecule has 0 aliphatic heterocycles. The Labute approximate surface area is 141 Å². The molecule has 0 fully saturated rings. The number of rotatable bonds is 6. The zero-order chi connectivity index (χ0) is 16.9. The molecule has 1 amide bonds. The van der Waals surface area contributed by atoms with Crippen molar-refractivity contribution in [3.63, 3.8) is 0 Å². The summed E-state index contributed by atoms with van der Waals surface area (Å²) in [6, 6.07) is 13.3. The highest BCUT2D eigenvalue weighted by atomic mass is 32.1. The molecule has 0 aliphatic carbocycles. The van der Waals surface area contributed by atoms with Gasteiger partial charge in [-0.15, -0.1) is 11.3 Å². The van der Waals surface area contributed by atoms with Crippen molar-refractivity contribution in [1.29, 1.82) is 0 Å². The van der Waals surface area contributed by atoms with E-state index in [0.717, 1.165) is 6.42 Å². The van der Waals surface area contributed by atoms with Crippen LogP contribution in [0.5, 0.6) is 0 Å². The SMILES string of the molecule is O=C(NCCc1cccs1)c1ccc(-c2ccccc2[N+](=O)[O-])o1. The lowest BCUT2D eigenvalue weighted by atomic mass is 10.1. The Kier molecular flexibility index (Phi) is 4.72. The van der Waals surface area contributed by atoms with Crippen molar-refractivity contribution in [3.8, 4) is 11.3 Å². The van der Waals surface area contributed by atoms with E-state index in [0.29, 0.717) is 17.9 Å². The van der Waals surface area contributed by atoms with Crippen LogP contribution in [0, 0.1) is 10.1 Å². The zero-order valence-electron chi connectivity index (χ0n) is 12.6. The molecule has 6 nitrogen and oxygen atoms in total. The van der Waals surface area contributed by atoms with Crippen LogP contribution in [0.25, 0.3) is 11.3 Å². The summed E-state index contributed by atoms with van der Waals surface area (Å²) in [5.74, 6) is 0.0939. The van der Waals surface area contributed by atoms with Crippen LogP contribution in [-0.4, -0.2) is 17.4 Å². The molecule has 24 heavy (non-hydrogen) atoms. The van der Waals surface area contributed by atoms with Gasteiger partial charge in [-0.2, -0.15) is 0 Å². The van der Waals surface area contributed by atoms with Gasteiger partial charge in [0.2, 0.25) is 0 Å². The van der Waals surface area contributed by atoms with E-state index in [1.54, 1.807) is 35.6 Å². The number of nitro groups is 1. The molecule has 0 saturated carbocycles.